The number of rotatable bonds is 3. The fraction of sp³-hybridized carbons (Fsp3) is 0.133. The Kier molecular flexibility index (Phi) is 3.94. The van der Waals surface area contributed by atoms with E-state index in [-0.39, 0.29) is 11.8 Å². The number of aromatic hydroxyl groups is 1. The van der Waals surface area contributed by atoms with Gasteiger partial charge in [0.1, 0.15) is 5.75 Å². The van der Waals surface area contributed by atoms with E-state index in [1.807, 2.05) is 19.1 Å². The summed E-state index contributed by atoms with van der Waals surface area (Å²) in [4.78, 5) is 0. The van der Waals surface area contributed by atoms with Gasteiger partial charge in [-0.1, -0.05) is 23.7 Å². The minimum Gasteiger partial charge on any atom is -0.508 e. The lowest BCUT2D eigenvalue weighted by atomic mass is 10.1. The number of phenols is 1. The van der Waals surface area contributed by atoms with Gasteiger partial charge in [0.2, 0.25) is 0 Å². The third-order valence-corrected chi connectivity index (χ3v) is 3.19. The van der Waals surface area contributed by atoms with E-state index in [1.165, 1.54) is 0 Å². The average molecular weight is 273 g/mol. The number of halogens is 1. The van der Waals surface area contributed by atoms with Gasteiger partial charge in [-0.25, -0.2) is 0 Å². The summed E-state index contributed by atoms with van der Waals surface area (Å²) in [5, 5.41) is 22.0. The Bertz CT molecular complexity index is 617. The Hall–Kier alpha value is -2.18. The summed E-state index contributed by atoms with van der Waals surface area (Å²) in [5.74, 6) is 0.237. The first-order chi connectivity index (χ1) is 9.10. The van der Waals surface area contributed by atoms with Gasteiger partial charge in [0.05, 0.1) is 22.3 Å². The fourth-order valence-corrected chi connectivity index (χ4v) is 1.96. The van der Waals surface area contributed by atoms with Crippen LogP contribution in [0.1, 0.15) is 24.1 Å². The molecule has 0 aliphatic carbocycles. The van der Waals surface area contributed by atoms with Crippen LogP contribution in [0, 0.1) is 11.3 Å². The molecule has 0 radical (unpaired) electrons. The van der Waals surface area contributed by atoms with Gasteiger partial charge in [0.15, 0.2) is 0 Å². The van der Waals surface area contributed by atoms with E-state index in [2.05, 4.69) is 11.4 Å². The maximum atomic E-state index is 9.26. The molecule has 2 rings (SSSR count). The molecule has 96 valence electrons. The van der Waals surface area contributed by atoms with Crippen LogP contribution in [0.15, 0.2) is 42.5 Å². The van der Waals surface area contributed by atoms with E-state index in [9.17, 15) is 5.11 Å². The predicted molar refractivity (Wildman–Crippen MR) is 76.3 cm³/mol. The van der Waals surface area contributed by atoms with E-state index in [4.69, 9.17) is 16.9 Å². The molecule has 0 aliphatic heterocycles. The molecule has 2 aromatic rings. The molecule has 3 nitrogen and oxygen atoms in total. The predicted octanol–water partition coefficient (Wildman–Crippen LogP) is 4.09. The number of benzene rings is 2. The molecule has 19 heavy (non-hydrogen) atoms. The minimum absolute atomic E-state index is 0.0204. The Morgan fingerprint density at radius 2 is 1.89 bits per heavy atom. The van der Waals surface area contributed by atoms with E-state index in [0.717, 1.165) is 11.3 Å². The fourth-order valence-electron chi connectivity index (χ4n) is 1.79. The van der Waals surface area contributed by atoms with E-state index >= 15 is 0 Å². The molecule has 0 aliphatic rings. The summed E-state index contributed by atoms with van der Waals surface area (Å²) in [5.41, 5.74) is 2.31. The lowest BCUT2D eigenvalue weighted by molar-refractivity contribution is 0.475. The van der Waals surface area contributed by atoms with Gasteiger partial charge in [-0.3, -0.25) is 0 Å². The van der Waals surface area contributed by atoms with Crippen LogP contribution in [0.25, 0.3) is 0 Å². The Labute approximate surface area is 117 Å². The second-order valence-electron chi connectivity index (χ2n) is 4.26. The highest BCUT2D eigenvalue weighted by atomic mass is 35.5. The summed E-state index contributed by atoms with van der Waals surface area (Å²) in [6, 6.07) is 14.2. The quantitative estimate of drug-likeness (QED) is 0.885. The molecule has 2 aromatic carbocycles. The molecular weight excluding hydrogens is 260 g/mol. The standard InChI is InChI=1S/C15H13ClN2O/c1-10(12-3-5-13(19)6-4-12)18-15-8-11(9-17)2-7-14(15)16/h2-8,10,18-19H,1H3. The molecule has 0 aromatic heterocycles. The normalized spacial score (nSPS) is 11.6. The Morgan fingerprint density at radius 3 is 2.53 bits per heavy atom. The summed E-state index contributed by atoms with van der Waals surface area (Å²) in [6.45, 7) is 1.99. The van der Waals surface area contributed by atoms with Gasteiger partial charge >= 0.3 is 0 Å². The number of nitrogens with zero attached hydrogens (tertiary/aromatic N) is 1. The number of nitrogens with one attached hydrogen (secondary N) is 1. The molecule has 0 spiro atoms. The van der Waals surface area contributed by atoms with Gasteiger partial charge < -0.3 is 10.4 Å². The number of anilines is 1. The SMILES string of the molecule is CC(Nc1cc(C#N)ccc1Cl)c1ccc(O)cc1. The molecule has 0 saturated heterocycles. The topological polar surface area (TPSA) is 56.0 Å². The van der Waals surface area contributed by atoms with Crippen molar-refractivity contribution in [2.45, 2.75) is 13.0 Å². The van der Waals surface area contributed by atoms with Crippen molar-refractivity contribution in [1.82, 2.24) is 0 Å². The van der Waals surface area contributed by atoms with Crippen LogP contribution in [0.4, 0.5) is 5.69 Å². The van der Waals surface area contributed by atoms with Crippen molar-refractivity contribution in [2.24, 2.45) is 0 Å². The van der Waals surface area contributed by atoms with Crippen LogP contribution < -0.4 is 5.32 Å². The van der Waals surface area contributed by atoms with Gasteiger partial charge in [-0.15, -0.1) is 0 Å². The summed E-state index contributed by atoms with van der Waals surface area (Å²) in [7, 11) is 0. The van der Waals surface area contributed by atoms with Gasteiger partial charge in [0, 0.05) is 6.04 Å². The van der Waals surface area contributed by atoms with E-state index < -0.39 is 0 Å². The summed E-state index contributed by atoms with van der Waals surface area (Å²) < 4.78 is 0. The van der Waals surface area contributed by atoms with Crippen LogP contribution in [-0.2, 0) is 0 Å². The molecule has 1 unspecified atom stereocenters. The largest absolute Gasteiger partial charge is 0.508 e. The van der Waals surface area contributed by atoms with Crippen LogP contribution in [0.2, 0.25) is 5.02 Å². The number of nitriles is 1. The molecule has 1 atom stereocenters. The van der Waals surface area contributed by atoms with Crippen LogP contribution in [-0.4, -0.2) is 5.11 Å². The number of phenolic OH excluding ortho intramolecular Hbond substituents is 1. The monoisotopic (exact) mass is 272 g/mol. The van der Waals surface area contributed by atoms with Crippen LogP contribution >= 0.6 is 11.6 Å². The highest BCUT2D eigenvalue weighted by Gasteiger charge is 2.08. The highest BCUT2D eigenvalue weighted by Crippen LogP contribution is 2.27. The summed E-state index contributed by atoms with van der Waals surface area (Å²) in [6.07, 6.45) is 0. The van der Waals surface area contributed by atoms with Crippen molar-refractivity contribution in [3.05, 3.63) is 58.6 Å². The molecular formula is C15H13ClN2O. The average Bonchev–Trinajstić information content (AvgIpc) is 2.42. The molecule has 0 saturated carbocycles. The molecule has 0 fully saturated rings. The van der Waals surface area contributed by atoms with Crippen LogP contribution in [0.5, 0.6) is 5.75 Å². The Morgan fingerprint density at radius 1 is 1.21 bits per heavy atom. The van der Waals surface area contributed by atoms with Crippen LogP contribution in [0.3, 0.4) is 0 Å². The smallest absolute Gasteiger partial charge is 0.115 e. The summed E-state index contributed by atoms with van der Waals surface area (Å²) >= 11 is 6.10. The van der Waals surface area contributed by atoms with E-state index in [0.29, 0.717) is 10.6 Å². The maximum absolute atomic E-state index is 9.26. The Balaban J connectivity index is 2.21. The zero-order valence-corrected chi connectivity index (χ0v) is 11.1. The van der Waals surface area contributed by atoms with Crippen molar-refractivity contribution in [2.75, 3.05) is 5.32 Å². The second kappa shape index (κ2) is 5.64. The minimum atomic E-state index is 0.0204. The van der Waals surface area contributed by atoms with Crippen molar-refractivity contribution >= 4 is 17.3 Å². The van der Waals surface area contributed by atoms with Crippen molar-refractivity contribution < 1.29 is 5.11 Å². The molecule has 0 amide bonds. The molecule has 2 N–H and O–H groups in total. The number of hydrogen-bond acceptors (Lipinski definition) is 3. The highest BCUT2D eigenvalue weighted by molar-refractivity contribution is 6.33. The number of hydrogen-bond donors (Lipinski definition) is 2. The van der Waals surface area contributed by atoms with Crippen molar-refractivity contribution in [3.63, 3.8) is 0 Å². The van der Waals surface area contributed by atoms with Gasteiger partial charge in [-0.2, -0.15) is 5.26 Å². The van der Waals surface area contributed by atoms with E-state index in [1.54, 1.807) is 30.3 Å². The first kappa shape index (κ1) is 13.3. The molecule has 0 heterocycles. The van der Waals surface area contributed by atoms with Crippen molar-refractivity contribution in [3.8, 4) is 11.8 Å². The maximum Gasteiger partial charge on any atom is 0.115 e. The van der Waals surface area contributed by atoms with Gasteiger partial charge in [0.25, 0.3) is 0 Å². The molecule has 4 heteroatoms. The second-order valence-corrected chi connectivity index (χ2v) is 4.67. The lowest BCUT2D eigenvalue weighted by Gasteiger charge is -2.17. The zero-order valence-electron chi connectivity index (χ0n) is 10.4. The first-order valence-corrected chi connectivity index (χ1v) is 6.23. The first-order valence-electron chi connectivity index (χ1n) is 5.85. The third-order valence-electron chi connectivity index (χ3n) is 2.86. The van der Waals surface area contributed by atoms with Gasteiger partial charge in [-0.05, 0) is 42.8 Å². The lowest BCUT2D eigenvalue weighted by Crippen LogP contribution is -2.07. The third kappa shape index (κ3) is 3.18. The molecule has 0 bridgehead atoms. The van der Waals surface area contributed by atoms with Crippen molar-refractivity contribution in [1.29, 1.82) is 5.26 Å². The zero-order chi connectivity index (χ0) is 13.8.